The van der Waals surface area contributed by atoms with Crippen LogP contribution in [0, 0.1) is 0 Å². The zero-order valence-electron chi connectivity index (χ0n) is 19.2. The number of carbonyl (C=O) groups excluding carboxylic acids is 1. The van der Waals surface area contributed by atoms with Crippen molar-refractivity contribution in [3.05, 3.63) is 90.1 Å². The van der Waals surface area contributed by atoms with E-state index in [9.17, 15) is 4.79 Å². The molecule has 1 aliphatic carbocycles. The second-order valence-corrected chi connectivity index (χ2v) is 8.78. The number of para-hydroxylation sites is 1. The molecule has 0 N–H and O–H groups in total. The van der Waals surface area contributed by atoms with Crippen molar-refractivity contribution in [1.82, 2.24) is 24.2 Å². The van der Waals surface area contributed by atoms with Gasteiger partial charge in [-0.15, -0.1) is 0 Å². The number of rotatable bonds is 4. The van der Waals surface area contributed by atoms with Gasteiger partial charge in [0, 0.05) is 20.3 Å². The Morgan fingerprint density at radius 2 is 1.82 bits per heavy atom. The van der Waals surface area contributed by atoms with Gasteiger partial charge in [0.1, 0.15) is 12.7 Å². The van der Waals surface area contributed by atoms with Crippen molar-refractivity contribution in [3.63, 3.8) is 0 Å². The van der Waals surface area contributed by atoms with E-state index in [1.807, 2.05) is 36.2 Å². The smallest absolute Gasteiger partial charge is 0.256 e. The Labute approximate surface area is 194 Å². The number of nitrogens with zero attached hydrogens (tertiary/aromatic N) is 5. The van der Waals surface area contributed by atoms with Crippen LogP contribution in [0.15, 0.2) is 73.4 Å². The largest absolute Gasteiger partial charge is 0.350 e. The Kier molecular flexibility index (Phi) is 5.82. The number of carbonyl (C=O) groups is 1. The first-order chi connectivity index (χ1) is 16.1. The lowest BCUT2D eigenvalue weighted by Crippen LogP contribution is -2.32. The summed E-state index contributed by atoms with van der Waals surface area (Å²) < 4.78 is 3.89. The summed E-state index contributed by atoms with van der Waals surface area (Å²) in [5.41, 5.74) is 6.51. The normalized spacial score (nSPS) is 16.0. The molecular formula is C27H29N5O. The van der Waals surface area contributed by atoms with E-state index in [2.05, 4.69) is 58.2 Å². The molecule has 1 unspecified atom stereocenters. The van der Waals surface area contributed by atoms with E-state index in [1.54, 1.807) is 11.0 Å². The fourth-order valence-electron chi connectivity index (χ4n) is 5.12. The SMILES string of the molecule is CN(C(=O)c1ccccc1-n1cncn1)C1CCCCCc2c1cn(C)c2-c1ccccc1. The summed E-state index contributed by atoms with van der Waals surface area (Å²) in [5.74, 6) is 0.00253. The third kappa shape index (κ3) is 3.97. The summed E-state index contributed by atoms with van der Waals surface area (Å²) in [7, 11) is 4.05. The van der Waals surface area contributed by atoms with Crippen LogP contribution in [0.5, 0.6) is 0 Å². The van der Waals surface area contributed by atoms with Gasteiger partial charge in [-0.25, -0.2) is 9.67 Å². The molecule has 2 heterocycles. The predicted octanol–water partition coefficient (Wildman–Crippen LogP) is 5.20. The average Bonchev–Trinajstić information content (AvgIpc) is 3.47. The van der Waals surface area contributed by atoms with Gasteiger partial charge in [0.25, 0.3) is 5.91 Å². The maximum atomic E-state index is 13.8. The van der Waals surface area contributed by atoms with Crippen LogP contribution in [0.2, 0.25) is 0 Å². The van der Waals surface area contributed by atoms with E-state index in [1.165, 1.54) is 41.6 Å². The molecule has 4 aromatic rings. The van der Waals surface area contributed by atoms with Gasteiger partial charge in [0.2, 0.25) is 0 Å². The molecule has 0 aliphatic heterocycles. The first kappa shape index (κ1) is 21.2. The molecule has 5 rings (SSSR count). The van der Waals surface area contributed by atoms with Crippen LogP contribution >= 0.6 is 0 Å². The van der Waals surface area contributed by atoms with Gasteiger partial charge in [-0.3, -0.25) is 4.79 Å². The molecule has 0 saturated heterocycles. The molecule has 0 bridgehead atoms. The van der Waals surface area contributed by atoms with Crippen molar-refractivity contribution in [1.29, 1.82) is 0 Å². The van der Waals surface area contributed by atoms with E-state index in [0.29, 0.717) is 5.56 Å². The standard InChI is InChI=1S/C27H29N5O/c1-30-17-23-21(26(30)20-11-5-3-6-12-20)13-7-4-8-15-24(23)31(2)27(33)22-14-9-10-16-25(22)32-19-28-18-29-32/h3,5-6,9-12,14,16-19,24H,4,7-8,13,15H2,1-2H3. The molecule has 6 heteroatoms. The summed E-state index contributed by atoms with van der Waals surface area (Å²) in [4.78, 5) is 19.8. The second-order valence-electron chi connectivity index (χ2n) is 8.78. The van der Waals surface area contributed by atoms with Crippen LogP contribution in [0.1, 0.15) is 53.2 Å². The van der Waals surface area contributed by atoms with Crippen molar-refractivity contribution in [2.24, 2.45) is 7.05 Å². The monoisotopic (exact) mass is 439 g/mol. The summed E-state index contributed by atoms with van der Waals surface area (Å²) in [6.45, 7) is 0. The van der Waals surface area contributed by atoms with Crippen LogP contribution in [0.3, 0.4) is 0 Å². The first-order valence-electron chi connectivity index (χ1n) is 11.6. The highest BCUT2D eigenvalue weighted by molar-refractivity contribution is 5.98. The number of aryl methyl sites for hydroxylation is 1. The summed E-state index contributed by atoms with van der Waals surface area (Å²) in [6, 6.07) is 18.2. The minimum Gasteiger partial charge on any atom is -0.350 e. The Balaban J connectivity index is 1.55. The lowest BCUT2D eigenvalue weighted by atomic mass is 9.89. The van der Waals surface area contributed by atoms with Gasteiger partial charge in [-0.2, -0.15) is 5.10 Å². The first-order valence-corrected chi connectivity index (χ1v) is 11.6. The molecule has 168 valence electrons. The van der Waals surface area contributed by atoms with Crippen LogP contribution < -0.4 is 0 Å². The molecule has 0 spiro atoms. The molecule has 6 nitrogen and oxygen atoms in total. The van der Waals surface area contributed by atoms with E-state index in [-0.39, 0.29) is 11.9 Å². The fraction of sp³-hybridized carbons (Fsp3) is 0.296. The Bertz CT molecular complexity index is 1240. The topological polar surface area (TPSA) is 56.0 Å². The van der Waals surface area contributed by atoms with Gasteiger partial charge < -0.3 is 9.47 Å². The van der Waals surface area contributed by atoms with Crippen molar-refractivity contribution in [3.8, 4) is 16.9 Å². The molecule has 1 aliphatic rings. The van der Waals surface area contributed by atoms with Crippen molar-refractivity contribution in [2.75, 3.05) is 7.05 Å². The molecule has 0 saturated carbocycles. The van der Waals surface area contributed by atoms with E-state index in [0.717, 1.165) is 24.9 Å². The molecule has 0 radical (unpaired) electrons. The van der Waals surface area contributed by atoms with Gasteiger partial charge >= 0.3 is 0 Å². The highest BCUT2D eigenvalue weighted by Crippen LogP contribution is 2.39. The minimum absolute atomic E-state index is 0.00253. The number of aromatic nitrogens is 4. The number of hydrogen-bond acceptors (Lipinski definition) is 3. The zero-order chi connectivity index (χ0) is 22.8. The van der Waals surface area contributed by atoms with Crippen LogP contribution in [-0.2, 0) is 13.5 Å². The Morgan fingerprint density at radius 3 is 2.61 bits per heavy atom. The molecular weight excluding hydrogens is 410 g/mol. The number of amides is 1. The van der Waals surface area contributed by atoms with Gasteiger partial charge in [-0.1, -0.05) is 55.3 Å². The second kappa shape index (κ2) is 9.06. The summed E-state index contributed by atoms with van der Waals surface area (Å²) in [6.07, 6.45) is 10.8. The van der Waals surface area contributed by atoms with Gasteiger partial charge in [-0.05, 0) is 48.1 Å². The molecule has 2 aromatic carbocycles. The Hall–Kier alpha value is -3.67. The molecule has 1 amide bonds. The van der Waals surface area contributed by atoms with E-state index >= 15 is 0 Å². The van der Waals surface area contributed by atoms with Crippen LogP contribution in [0.4, 0.5) is 0 Å². The molecule has 1 atom stereocenters. The number of benzene rings is 2. The lowest BCUT2D eigenvalue weighted by molar-refractivity contribution is 0.0718. The average molecular weight is 440 g/mol. The van der Waals surface area contributed by atoms with Crippen molar-refractivity contribution in [2.45, 2.75) is 38.1 Å². The van der Waals surface area contributed by atoms with Crippen LogP contribution in [0.25, 0.3) is 16.9 Å². The fourth-order valence-corrected chi connectivity index (χ4v) is 5.12. The van der Waals surface area contributed by atoms with Crippen molar-refractivity contribution >= 4 is 5.91 Å². The van der Waals surface area contributed by atoms with E-state index < -0.39 is 0 Å². The minimum atomic E-state index is 0.00253. The molecule has 0 fully saturated rings. The molecule has 2 aromatic heterocycles. The predicted molar refractivity (Wildman–Crippen MR) is 129 cm³/mol. The van der Waals surface area contributed by atoms with Crippen LogP contribution in [-0.4, -0.2) is 37.2 Å². The third-order valence-corrected chi connectivity index (χ3v) is 6.72. The maximum absolute atomic E-state index is 13.8. The Morgan fingerprint density at radius 1 is 1.03 bits per heavy atom. The maximum Gasteiger partial charge on any atom is 0.256 e. The number of fused-ring (bicyclic) bond motifs is 1. The number of hydrogen-bond donors (Lipinski definition) is 0. The highest BCUT2D eigenvalue weighted by atomic mass is 16.2. The van der Waals surface area contributed by atoms with Gasteiger partial charge in [0.05, 0.1) is 23.0 Å². The molecule has 33 heavy (non-hydrogen) atoms. The van der Waals surface area contributed by atoms with Gasteiger partial charge in [0.15, 0.2) is 0 Å². The summed E-state index contributed by atoms with van der Waals surface area (Å²) >= 11 is 0. The highest BCUT2D eigenvalue weighted by Gasteiger charge is 2.30. The van der Waals surface area contributed by atoms with Crippen molar-refractivity contribution < 1.29 is 4.79 Å². The third-order valence-electron chi connectivity index (χ3n) is 6.72. The summed E-state index contributed by atoms with van der Waals surface area (Å²) in [5, 5.41) is 4.24. The lowest BCUT2D eigenvalue weighted by Gasteiger charge is -2.31. The quantitative estimate of drug-likeness (QED) is 0.439. The van der Waals surface area contributed by atoms with E-state index in [4.69, 9.17) is 0 Å². The zero-order valence-corrected chi connectivity index (χ0v) is 19.2.